The summed E-state index contributed by atoms with van der Waals surface area (Å²) in [6, 6.07) is 18.5. The third kappa shape index (κ3) is 8.01. The average molecular weight is 575 g/mol. The molecule has 0 aliphatic heterocycles. The Balaban J connectivity index is 0.000000489. The summed E-state index contributed by atoms with van der Waals surface area (Å²) in [6.45, 7) is 23.0. The predicted molar refractivity (Wildman–Crippen MR) is 126 cm³/mol. The summed E-state index contributed by atoms with van der Waals surface area (Å²) in [5.74, 6) is 0.651. The molecule has 0 fully saturated rings. The maximum Gasteiger partial charge on any atom is 3.00 e. The molecular formula is C28H32IrN. The molecule has 0 bridgehead atoms. The van der Waals surface area contributed by atoms with Crippen LogP contribution >= 0.6 is 0 Å². The molecule has 2 heteroatoms. The molecule has 0 unspecified atom stereocenters. The summed E-state index contributed by atoms with van der Waals surface area (Å²) in [6.07, 6.45) is 1.84. The molecule has 30 heavy (non-hydrogen) atoms. The van der Waals surface area contributed by atoms with E-state index in [4.69, 9.17) is 18.1 Å². The van der Waals surface area contributed by atoms with Gasteiger partial charge in [0.05, 0.1) is 5.52 Å². The van der Waals surface area contributed by atoms with Crippen LogP contribution in [0.1, 0.15) is 50.8 Å². The van der Waals surface area contributed by atoms with E-state index >= 15 is 0 Å². The average Bonchev–Trinajstić information content (AvgIpc) is 2.59. The van der Waals surface area contributed by atoms with Crippen LogP contribution in [-0.4, -0.2) is 4.98 Å². The van der Waals surface area contributed by atoms with Crippen LogP contribution in [0.3, 0.4) is 0 Å². The molecule has 2 aromatic carbocycles. The van der Waals surface area contributed by atoms with E-state index in [1.807, 2.05) is 13.8 Å². The summed E-state index contributed by atoms with van der Waals surface area (Å²) in [7, 11) is 0. The maximum absolute atomic E-state index is 5.31. The molecule has 3 aromatic rings. The monoisotopic (exact) mass is 575 g/mol. The molecule has 0 radical (unpaired) electrons. The molecule has 0 saturated carbocycles. The van der Waals surface area contributed by atoms with Gasteiger partial charge in [0.15, 0.2) is 0 Å². The Morgan fingerprint density at radius 1 is 1.00 bits per heavy atom. The van der Waals surface area contributed by atoms with Crippen molar-refractivity contribution in [2.75, 3.05) is 0 Å². The molecule has 1 aromatic heterocycles. The van der Waals surface area contributed by atoms with E-state index < -0.39 is 0 Å². The molecule has 158 valence electrons. The van der Waals surface area contributed by atoms with Gasteiger partial charge in [-0.2, -0.15) is 0 Å². The molecule has 0 aliphatic carbocycles. The standard InChI is InChI=1S/C21H22N.C7H10.Ir/c1-14(2)10-17-6-5-7-21-19(17)8-9-20(22-21)18-12-15(3)11-16(4)13-18;1-6(2)5-7(3)4;/h5-9,11-12,14H,10H2,1-4H3;1,3H,5H2,2,4H3;/q-1;-2;+3. The van der Waals surface area contributed by atoms with Crippen molar-refractivity contribution in [1.29, 1.82) is 0 Å². The van der Waals surface area contributed by atoms with E-state index in [1.54, 1.807) is 0 Å². The zero-order chi connectivity index (χ0) is 21.6. The zero-order valence-corrected chi connectivity index (χ0v) is 21.4. The van der Waals surface area contributed by atoms with Crippen LogP contribution in [0.4, 0.5) is 0 Å². The third-order valence-corrected chi connectivity index (χ3v) is 4.43. The smallest absolute Gasteiger partial charge is 0.515 e. The number of allylic oxidation sites excluding steroid dienone is 2. The fourth-order valence-electron chi connectivity index (χ4n) is 3.46. The van der Waals surface area contributed by atoms with Gasteiger partial charge in [-0.25, -0.2) is 0 Å². The number of aryl methyl sites for hydroxylation is 2. The first-order chi connectivity index (χ1) is 13.7. The second-order valence-electron chi connectivity index (χ2n) is 8.40. The Labute approximate surface area is 196 Å². The maximum atomic E-state index is 5.31. The number of hydrogen-bond acceptors (Lipinski definition) is 1. The van der Waals surface area contributed by atoms with Crippen LogP contribution in [0.5, 0.6) is 0 Å². The van der Waals surface area contributed by atoms with Gasteiger partial charge in [-0.15, -0.1) is 34.9 Å². The molecular weight excluding hydrogens is 543 g/mol. The molecule has 0 saturated heterocycles. The van der Waals surface area contributed by atoms with Crippen molar-refractivity contribution < 1.29 is 20.1 Å². The molecule has 0 amide bonds. The third-order valence-electron chi connectivity index (χ3n) is 4.43. The first kappa shape index (κ1) is 26.0. The van der Waals surface area contributed by atoms with Gasteiger partial charge in [0.2, 0.25) is 0 Å². The largest absolute Gasteiger partial charge is 3.00 e. The van der Waals surface area contributed by atoms with Gasteiger partial charge in [0.25, 0.3) is 0 Å². The topological polar surface area (TPSA) is 12.9 Å². The summed E-state index contributed by atoms with van der Waals surface area (Å²) in [5.41, 5.74) is 8.70. The number of pyridine rings is 1. The van der Waals surface area contributed by atoms with Gasteiger partial charge in [-0.05, 0) is 29.7 Å². The Morgan fingerprint density at radius 3 is 2.20 bits per heavy atom. The van der Waals surface area contributed by atoms with Gasteiger partial charge in [-0.1, -0.05) is 72.2 Å². The van der Waals surface area contributed by atoms with Gasteiger partial charge in [0, 0.05) is 5.39 Å². The fourth-order valence-corrected chi connectivity index (χ4v) is 3.46. The van der Waals surface area contributed by atoms with E-state index in [9.17, 15) is 0 Å². The Kier molecular flexibility index (Phi) is 10.4. The van der Waals surface area contributed by atoms with E-state index in [0.717, 1.165) is 46.3 Å². The van der Waals surface area contributed by atoms with Crippen molar-refractivity contribution >= 4 is 10.9 Å². The van der Waals surface area contributed by atoms with E-state index in [1.165, 1.54) is 16.5 Å². The zero-order valence-electron chi connectivity index (χ0n) is 19.0. The van der Waals surface area contributed by atoms with Crippen molar-refractivity contribution in [2.24, 2.45) is 5.92 Å². The van der Waals surface area contributed by atoms with E-state index in [0.29, 0.717) is 5.92 Å². The first-order valence-electron chi connectivity index (χ1n) is 10.2. The van der Waals surface area contributed by atoms with Crippen molar-refractivity contribution in [2.45, 2.75) is 54.4 Å². The molecule has 0 atom stereocenters. The summed E-state index contributed by atoms with van der Waals surface area (Å²) in [5, 5.41) is 1.27. The van der Waals surface area contributed by atoms with Crippen LogP contribution in [-0.2, 0) is 26.5 Å². The van der Waals surface area contributed by atoms with Crippen LogP contribution in [0.25, 0.3) is 22.2 Å². The quantitative estimate of drug-likeness (QED) is 0.285. The van der Waals surface area contributed by atoms with Gasteiger partial charge >= 0.3 is 20.1 Å². The molecule has 1 nitrogen and oxygen atoms in total. The summed E-state index contributed by atoms with van der Waals surface area (Å²) >= 11 is 0. The summed E-state index contributed by atoms with van der Waals surface area (Å²) in [4.78, 5) is 4.86. The first-order valence-corrected chi connectivity index (χ1v) is 10.2. The van der Waals surface area contributed by atoms with Crippen LogP contribution in [0.15, 0.2) is 53.6 Å². The minimum absolute atomic E-state index is 0. The molecule has 1 heterocycles. The second-order valence-corrected chi connectivity index (χ2v) is 8.40. The molecule has 0 spiro atoms. The number of aromatic nitrogens is 1. The van der Waals surface area contributed by atoms with Crippen LogP contribution in [0.2, 0.25) is 0 Å². The number of nitrogens with zero attached hydrogens (tertiary/aromatic N) is 1. The van der Waals surface area contributed by atoms with E-state index in [-0.39, 0.29) is 20.1 Å². The normalized spacial score (nSPS) is 10.2. The van der Waals surface area contributed by atoms with Crippen molar-refractivity contribution in [3.63, 3.8) is 0 Å². The molecule has 0 aliphatic rings. The van der Waals surface area contributed by atoms with Gasteiger partial charge in [-0.3, -0.25) is 16.1 Å². The second kappa shape index (κ2) is 12.0. The minimum atomic E-state index is 0. The number of benzene rings is 2. The summed E-state index contributed by atoms with van der Waals surface area (Å²) < 4.78 is 0. The SMILES string of the molecule is Cc1[c-]c(-c2ccc3c(CC(C)C)cccc3n2)cc(C)c1.[CH-]=C(C)CC(=[CH-])C.[Ir+3]. The predicted octanol–water partition coefficient (Wildman–Crippen LogP) is 7.65. The van der Waals surface area contributed by atoms with E-state index in [2.05, 4.69) is 76.2 Å². The van der Waals surface area contributed by atoms with Gasteiger partial charge in [0.1, 0.15) is 0 Å². The number of fused-ring (bicyclic) bond motifs is 1. The van der Waals surface area contributed by atoms with Crippen LogP contribution in [0, 0.1) is 39.0 Å². The fraction of sp³-hybridized carbons (Fsp3) is 0.321. The van der Waals surface area contributed by atoms with Crippen molar-refractivity contribution in [1.82, 2.24) is 4.98 Å². The Bertz CT molecular complexity index is 982. The minimum Gasteiger partial charge on any atom is -0.515 e. The van der Waals surface area contributed by atoms with Crippen molar-refractivity contribution in [3.8, 4) is 11.3 Å². The van der Waals surface area contributed by atoms with Crippen LogP contribution < -0.4 is 0 Å². The van der Waals surface area contributed by atoms with Gasteiger partial charge < -0.3 is 13.2 Å². The Morgan fingerprint density at radius 2 is 1.67 bits per heavy atom. The molecule has 3 rings (SSSR count). The van der Waals surface area contributed by atoms with Crippen molar-refractivity contribution in [3.05, 3.63) is 89.5 Å². The molecule has 0 N–H and O–H groups in total. The Hall–Kier alpha value is -2.02. The number of rotatable bonds is 5. The number of hydrogen-bond donors (Lipinski definition) is 0.